The highest BCUT2D eigenvalue weighted by atomic mass is 32.2. The van der Waals surface area contributed by atoms with Gasteiger partial charge >= 0.3 is 0 Å². The zero-order valence-corrected chi connectivity index (χ0v) is 19.8. The van der Waals surface area contributed by atoms with Crippen molar-refractivity contribution in [2.45, 2.75) is 38.1 Å². The molecule has 2 aromatic rings. The van der Waals surface area contributed by atoms with E-state index < -0.39 is 0 Å². The number of hydrogen-bond donors (Lipinski definition) is 0. The maximum absolute atomic E-state index is 13.5. The molecule has 7 heteroatoms. The number of thioether (sulfide) groups is 2. The van der Waals surface area contributed by atoms with E-state index in [-0.39, 0.29) is 5.91 Å². The first-order chi connectivity index (χ1) is 15.2. The van der Waals surface area contributed by atoms with Gasteiger partial charge in [0, 0.05) is 24.1 Å². The number of hydrogen-bond acceptors (Lipinski definition) is 6. The van der Waals surface area contributed by atoms with Crippen molar-refractivity contribution in [2.75, 3.05) is 25.1 Å². The van der Waals surface area contributed by atoms with Crippen molar-refractivity contribution in [1.82, 2.24) is 4.90 Å². The minimum atomic E-state index is 0.0611. The highest BCUT2D eigenvalue weighted by Gasteiger charge is 2.39. The monoisotopic (exact) mass is 453 g/mol. The van der Waals surface area contributed by atoms with Crippen LogP contribution in [0.4, 0.5) is 5.69 Å². The lowest BCUT2D eigenvalue weighted by Crippen LogP contribution is -2.31. The molecule has 2 aromatic carbocycles. The van der Waals surface area contributed by atoms with E-state index in [0.717, 1.165) is 56.4 Å². The lowest BCUT2D eigenvalue weighted by atomic mass is 10.2. The third-order valence-corrected chi connectivity index (χ3v) is 7.67. The second kappa shape index (κ2) is 9.83. The maximum atomic E-state index is 13.5. The van der Waals surface area contributed by atoms with Crippen molar-refractivity contribution < 1.29 is 9.53 Å². The fraction of sp³-hybridized carbons (Fsp3) is 0.333. The van der Waals surface area contributed by atoms with Gasteiger partial charge < -0.3 is 9.64 Å². The van der Waals surface area contributed by atoms with Crippen LogP contribution in [0.25, 0.3) is 0 Å². The van der Waals surface area contributed by atoms with Crippen LogP contribution in [0, 0.1) is 0 Å². The molecule has 2 aliphatic heterocycles. The van der Waals surface area contributed by atoms with Crippen LogP contribution in [-0.2, 0) is 11.3 Å². The smallest absolute Gasteiger partial charge is 0.269 e. The summed E-state index contributed by atoms with van der Waals surface area (Å²) in [6, 6.07) is 16.3. The predicted octanol–water partition coefficient (Wildman–Crippen LogP) is 5.73. The van der Waals surface area contributed by atoms with Crippen LogP contribution in [0.3, 0.4) is 0 Å². The predicted molar refractivity (Wildman–Crippen MR) is 131 cm³/mol. The van der Waals surface area contributed by atoms with Gasteiger partial charge in [-0.1, -0.05) is 55.4 Å². The molecular formula is C24H27N3O2S2. The molecule has 0 unspecified atom stereocenters. The van der Waals surface area contributed by atoms with Gasteiger partial charge in [0.05, 0.1) is 19.3 Å². The molecule has 2 aliphatic rings. The third kappa shape index (κ3) is 4.48. The molecule has 5 nitrogen and oxygen atoms in total. The minimum Gasteiger partial charge on any atom is -0.497 e. The van der Waals surface area contributed by atoms with E-state index >= 15 is 0 Å². The first-order valence-electron chi connectivity index (χ1n) is 10.6. The summed E-state index contributed by atoms with van der Waals surface area (Å²) in [6.45, 7) is 6.31. The molecule has 1 fully saturated rings. The molecule has 1 amide bonds. The van der Waals surface area contributed by atoms with Crippen LogP contribution in [0.5, 0.6) is 5.75 Å². The van der Waals surface area contributed by atoms with Gasteiger partial charge in [0.1, 0.15) is 15.7 Å². The Morgan fingerprint density at radius 2 is 1.84 bits per heavy atom. The minimum absolute atomic E-state index is 0.0611. The maximum Gasteiger partial charge on any atom is 0.269 e. The number of amides is 1. The average Bonchev–Trinajstić information content (AvgIpc) is 3.32. The molecule has 0 saturated carbocycles. The van der Waals surface area contributed by atoms with Crippen molar-refractivity contribution in [3.05, 3.63) is 64.0 Å². The lowest BCUT2D eigenvalue weighted by Gasteiger charge is -2.19. The molecule has 0 atom stereocenters. The number of nitrogens with zero attached hydrogens (tertiary/aromatic N) is 3. The molecule has 0 bridgehead atoms. The zero-order valence-electron chi connectivity index (χ0n) is 18.1. The van der Waals surface area contributed by atoms with Crippen LogP contribution in [0.15, 0.2) is 68.4 Å². The summed E-state index contributed by atoms with van der Waals surface area (Å²) in [5.41, 5.74) is 2.24. The number of fused-ring (bicyclic) bond motifs is 1. The van der Waals surface area contributed by atoms with Crippen LogP contribution in [0.1, 0.15) is 32.3 Å². The Labute approximate surface area is 192 Å². The quantitative estimate of drug-likeness (QED) is 0.501. The summed E-state index contributed by atoms with van der Waals surface area (Å²) in [5.74, 6) is 0.884. The van der Waals surface area contributed by atoms with E-state index in [1.807, 2.05) is 35.2 Å². The SMILES string of the molecule is CCCCN1C(=O)C(=C2Sc3ccc(OC)cc3N2CC)SC1=NCc1ccccc1. The number of amidine groups is 1. The highest BCUT2D eigenvalue weighted by Crippen LogP contribution is 2.51. The molecule has 2 heterocycles. The molecule has 0 aromatic heterocycles. The number of rotatable bonds is 7. The number of ether oxygens (including phenoxy) is 1. The molecule has 0 N–H and O–H groups in total. The Bertz CT molecular complexity index is 1020. The second-order valence-electron chi connectivity index (χ2n) is 7.31. The van der Waals surface area contributed by atoms with E-state index in [0.29, 0.717) is 13.1 Å². The molecule has 162 valence electrons. The number of unbranched alkanes of at least 4 members (excludes halogenated alkanes) is 1. The molecule has 0 spiro atoms. The van der Waals surface area contributed by atoms with Gasteiger partial charge in [0.15, 0.2) is 5.17 Å². The highest BCUT2D eigenvalue weighted by molar-refractivity contribution is 8.19. The van der Waals surface area contributed by atoms with E-state index in [9.17, 15) is 4.79 Å². The van der Waals surface area contributed by atoms with Crippen LogP contribution < -0.4 is 9.64 Å². The van der Waals surface area contributed by atoms with Gasteiger partial charge in [-0.05, 0) is 42.8 Å². The number of carbonyl (C=O) groups is 1. The van der Waals surface area contributed by atoms with E-state index in [2.05, 4.69) is 36.9 Å². The number of anilines is 1. The fourth-order valence-electron chi connectivity index (χ4n) is 3.58. The van der Waals surface area contributed by atoms with E-state index in [4.69, 9.17) is 9.73 Å². The Hall–Kier alpha value is -2.38. The first kappa shape index (κ1) is 21.8. The van der Waals surface area contributed by atoms with E-state index in [1.165, 1.54) is 11.8 Å². The number of aliphatic imine (C=N–C) groups is 1. The molecular weight excluding hydrogens is 426 g/mol. The standard InChI is InChI=1S/C24H27N3O2S2/c1-4-6-14-27-22(28)21(31-24(27)25-16-17-10-8-7-9-11-17)23-26(5-2)19-15-18(29-3)12-13-20(19)30-23/h7-13,15H,4-6,14,16H2,1-3H3. The second-order valence-corrected chi connectivity index (χ2v) is 9.32. The van der Waals surface area contributed by atoms with Gasteiger partial charge in [0.25, 0.3) is 5.91 Å². The van der Waals surface area contributed by atoms with Gasteiger partial charge in [-0.3, -0.25) is 14.7 Å². The Morgan fingerprint density at radius 1 is 1.03 bits per heavy atom. The van der Waals surface area contributed by atoms with E-state index in [1.54, 1.807) is 18.9 Å². The van der Waals surface area contributed by atoms with Crippen LogP contribution in [0.2, 0.25) is 0 Å². The van der Waals surface area contributed by atoms with Crippen LogP contribution >= 0.6 is 23.5 Å². The normalized spacial score (nSPS) is 19.5. The summed E-state index contributed by atoms with van der Waals surface area (Å²) in [6.07, 6.45) is 1.99. The average molecular weight is 454 g/mol. The van der Waals surface area contributed by atoms with Crippen molar-refractivity contribution in [3.63, 3.8) is 0 Å². The van der Waals surface area contributed by atoms with Gasteiger partial charge in [0.2, 0.25) is 0 Å². The Balaban J connectivity index is 1.67. The largest absolute Gasteiger partial charge is 0.497 e. The fourth-order valence-corrected chi connectivity index (χ4v) is 5.96. The summed E-state index contributed by atoms with van der Waals surface area (Å²) in [4.78, 5) is 24.3. The number of carbonyl (C=O) groups excluding carboxylic acids is 1. The lowest BCUT2D eigenvalue weighted by molar-refractivity contribution is -0.122. The first-order valence-corrected chi connectivity index (χ1v) is 12.2. The number of methoxy groups -OCH3 is 1. The Kier molecular flexibility index (Phi) is 6.92. The Morgan fingerprint density at radius 3 is 2.55 bits per heavy atom. The third-order valence-electron chi connectivity index (χ3n) is 5.26. The zero-order chi connectivity index (χ0) is 21.8. The topological polar surface area (TPSA) is 45.1 Å². The van der Waals surface area contributed by atoms with Crippen molar-refractivity contribution in [3.8, 4) is 5.75 Å². The van der Waals surface area contributed by atoms with Crippen LogP contribution in [-0.4, -0.2) is 36.2 Å². The van der Waals surface area contributed by atoms with Crippen molar-refractivity contribution >= 4 is 40.3 Å². The molecule has 1 saturated heterocycles. The molecule has 4 rings (SSSR count). The summed E-state index contributed by atoms with van der Waals surface area (Å²) < 4.78 is 5.42. The summed E-state index contributed by atoms with van der Waals surface area (Å²) in [7, 11) is 1.68. The summed E-state index contributed by atoms with van der Waals surface area (Å²) in [5, 5.41) is 1.79. The van der Waals surface area contributed by atoms with Crippen molar-refractivity contribution in [1.29, 1.82) is 0 Å². The van der Waals surface area contributed by atoms with Gasteiger partial charge in [-0.15, -0.1) is 0 Å². The molecule has 31 heavy (non-hydrogen) atoms. The molecule has 0 radical (unpaired) electrons. The van der Waals surface area contributed by atoms with Gasteiger partial charge in [-0.2, -0.15) is 0 Å². The van der Waals surface area contributed by atoms with Crippen molar-refractivity contribution in [2.24, 2.45) is 4.99 Å². The number of benzene rings is 2. The molecule has 0 aliphatic carbocycles. The summed E-state index contributed by atoms with van der Waals surface area (Å²) >= 11 is 3.16. The van der Waals surface area contributed by atoms with Gasteiger partial charge in [-0.25, -0.2) is 0 Å².